The molecule has 0 bridgehead atoms. The Morgan fingerprint density at radius 1 is 1.16 bits per heavy atom. The van der Waals surface area contributed by atoms with Crippen LogP contribution in [0.25, 0.3) is 0 Å². The molecule has 0 spiro atoms. The molecule has 2 aromatic carbocycles. The molecule has 0 saturated carbocycles. The third-order valence-electron chi connectivity index (χ3n) is 4.50. The molecule has 1 saturated heterocycles. The van der Waals surface area contributed by atoms with E-state index in [9.17, 15) is 13.2 Å². The van der Waals surface area contributed by atoms with Crippen LogP contribution in [-0.2, 0) is 21.1 Å². The van der Waals surface area contributed by atoms with Gasteiger partial charge in [0, 0.05) is 13.1 Å². The summed E-state index contributed by atoms with van der Waals surface area (Å²) < 4.78 is 30.5. The lowest BCUT2D eigenvalue weighted by Crippen LogP contribution is -2.32. The zero-order chi connectivity index (χ0) is 17.9. The van der Waals surface area contributed by atoms with Crippen molar-refractivity contribution in [3.05, 3.63) is 60.2 Å². The Bertz CT molecular complexity index is 849. The molecule has 0 N–H and O–H groups in total. The van der Waals surface area contributed by atoms with Gasteiger partial charge in [-0.2, -0.15) is 0 Å². The molecule has 5 nitrogen and oxygen atoms in total. The van der Waals surface area contributed by atoms with Crippen LogP contribution in [0.3, 0.4) is 0 Å². The van der Waals surface area contributed by atoms with Crippen LogP contribution < -0.4 is 4.74 Å². The average Bonchev–Trinajstić information content (AvgIpc) is 3.14. The van der Waals surface area contributed by atoms with Crippen molar-refractivity contribution < 1.29 is 17.9 Å². The molecule has 132 valence electrons. The molecular weight excluding hydrogens is 338 g/mol. The minimum Gasteiger partial charge on any atom is -0.497 e. The van der Waals surface area contributed by atoms with Crippen molar-refractivity contribution >= 4 is 15.7 Å². The molecule has 1 fully saturated rings. The number of nitrogens with zero attached hydrogens (tertiary/aromatic N) is 1. The van der Waals surface area contributed by atoms with E-state index in [1.165, 1.54) is 0 Å². The van der Waals surface area contributed by atoms with Crippen LogP contribution in [0.4, 0.5) is 0 Å². The largest absolute Gasteiger partial charge is 0.497 e. The van der Waals surface area contributed by atoms with E-state index in [1.807, 2.05) is 24.3 Å². The van der Waals surface area contributed by atoms with Gasteiger partial charge in [0.15, 0.2) is 9.84 Å². The molecule has 2 aromatic rings. The average molecular weight is 359 g/mol. The summed E-state index contributed by atoms with van der Waals surface area (Å²) in [5.74, 6) is 0.648. The lowest BCUT2D eigenvalue weighted by Gasteiger charge is -2.17. The second-order valence-electron chi connectivity index (χ2n) is 6.14. The summed E-state index contributed by atoms with van der Waals surface area (Å²) in [6.45, 7) is 0.722. The fourth-order valence-corrected chi connectivity index (χ4v) is 4.79. The SMILES string of the molecule is COc1cccc(CC(=O)N2CCC(S(=O)(=O)c3ccccc3)C2)c1. The maximum absolute atomic E-state index is 12.7. The molecule has 25 heavy (non-hydrogen) atoms. The predicted octanol–water partition coefficient (Wildman–Crippen LogP) is 2.31. The van der Waals surface area contributed by atoms with Gasteiger partial charge in [0.2, 0.25) is 5.91 Å². The highest BCUT2D eigenvalue weighted by Gasteiger charge is 2.35. The zero-order valence-corrected chi connectivity index (χ0v) is 14.9. The number of rotatable bonds is 5. The Morgan fingerprint density at radius 2 is 1.92 bits per heavy atom. The number of sulfone groups is 1. The monoisotopic (exact) mass is 359 g/mol. The van der Waals surface area contributed by atoms with Crippen molar-refractivity contribution in [2.75, 3.05) is 20.2 Å². The van der Waals surface area contributed by atoms with Crippen LogP contribution in [0.15, 0.2) is 59.5 Å². The highest BCUT2D eigenvalue weighted by molar-refractivity contribution is 7.92. The lowest BCUT2D eigenvalue weighted by molar-refractivity contribution is -0.129. The van der Waals surface area contributed by atoms with E-state index >= 15 is 0 Å². The van der Waals surface area contributed by atoms with Crippen molar-refractivity contribution in [2.24, 2.45) is 0 Å². The molecule has 1 heterocycles. The molecule has 0 radical (unpaired) electrons. The smallest absolute Gasteiger partial charge is 0.227 e. The third kappa shape index (κ3) is 3.85. The Labute approximate surface area is 148 Å². The van der Waals surface area contributed by atoms with Gasteiger partial charge >= 0.3 is 0 Å². The number of carbonyl (C=O) groups is 1. The van der Waals surface area contributed by atoms with Crippen molar-refractivity contribution in [3.8, 4) is 5.75 Å². The first-order valence-corrected chi connectivity index (χ1v) is 9.75. The first-order valence-electron chi connectivity index (χ1n) is 8.20. The molecule has 1 unspecified atom stereocenters. The molecule has 3 rings (SSSR count). The van der Waals surface area contributed by atoms with E-state index < -0.39 is 15.1 Å². The molecule has 0 aromatic heterocycles. The van der Waals surface area contributed by atoms with E-state index in [2.05, 4.69) is 0 Å². The summed E-state index contributed by atoms with van der Waals surface area (Å²) in [4.78, 5) is 14.5. The molecule has 0 aliphatic carbocycles. The number of ether oxygens (including phenoxy) is 1. The Kier molecular flexibility index (Phi) is 5.08. The molecule has 1 amide bonds. The van der Waals surface area contributed by atoms with Crippen molar-refractivity contribution in [3.63, 3.8) is 0 Å². The predicted molar refractivity (Wildman–Crippen MR) is 95.3 cm³/mol. The maximum Gasteiger partial charge on any atom is 0.227 e. The summed E-state index contributed by atoms with van der Waals surface area (Å²) in [5.41, 5.74) is 0.860. The number of benzene rings is 2. The molecular formula is C19H21NO4S. The molecule has 1 atom stereocenters. The van der Waals surface area contributed by atoms with E-state index in [-0.39, 0.29) is 18.9 Å². The second kappa shape index (κ2) is 7.27. The van der Waals surface area contributed by atoms with E-state index in [0.717, 1.165) is 5.56 Å². The lowest BCUT2D eigenvalue weighted by atomic mass is 10.1. The first kappa shape index (κ1) is 17.5. The standard InChI is InChI=1S/C19H21NO4S/c1-24-16-7-5-6-15(12-16)13-19(21)20-11-10-18(14-20)25(22,23)17-8-3-2-4-9-17/h2-9,12,18H,10-11,13-14H2,1H3. The van der Waals surface area contributed by atoms with E-state index in [4.69, 9.17) is 4.74 Å². The first-order chi connectivity index (χ1) is 12.0. The number of carbonyl (C=O) groups excluding carboxylic acids is 1. The number of amides is 1. The van der Waals surface area contributed by atoms with Crippen LogP contribution >= 0.6 is 0 Å². The summed E-state index contributed by atoms with van der Waals surface area (Å²) in [5, 5.41) is -0.538. The number of hydrogen-bond acceptors (Lipinski definition) is 4. The molecule has 1 aliphatic rings. The minimum atomic E-state index is -3.40. The summed E-state index contributed by atoms with van der Waals surface area (Å²) in [6, 6.07) is 15.8. The highest BCUT2D eigenvalue weighted by atomic mass is 32.2. The number of methoxy groups -OCH3 is 1. The van der Waals surface area contributed by atoms with Gasteiger partial charge in [-0.15, -0.1) is 0 Å². The Hall–Kier alpha value is -2.34. The van der Waals surface area contributed by atoms with E-state index in [1.54, 1.807) is 42.3 Å². The van der Waals surface area contributed by atoms with Crippen LogP contribution in [0.1, 0.15) is 12.0 Å². The van der Waals surface area contributed by atoms with Gasteiger partial charge in [-0.3, -0.25) is 4.79 Å². The fraction of sp³-hybridized carbons (Fsp3) is 0.316. The highest BCUT2D eigenvalue weighted by Crippen LogP contribution is 2.24. The number of likely N-dealkylation sites (tertiary alicyclic amines) is 1. The van der Waals surface area contributed by atoms with Crippen LogP contribution in [0.2, 0.25) is 0 Å². The van der Waals surface area contributed by atoms with Gasteiger partial charge in [0.25, 0.3) is 0 Å². The van der Waals surface area contributed by atoms with Crippen molar-refractivity contribution in [1.82, 2.24) is 4.90 Å². The molecule has 1 aliphatic heterocycles. The third-order valence-corrected chi connectivity index (χ3v) is 6.69. The van der Waals surface area contributed by atoms with Gasteiger partial charge in [-0.25, -0.2) is 8.42 Å². The maximum atomic E-state index is 12.7. The van der Waals surface area contributed by atoms with E-state index in [0.29, 0.717) is 23.6 Å². The Balaban J connectivity index is 1.67. The van der Waals surface area contributed by atoms with Gasteiger partial charge < -0.3 is 9.64 Å². The van der Waals surface area contributed by atoms with Crippen LogP contribution in [0, 0.1) is 0 Å². The molecule has 6 heteroatoms. The summed E-state index contributed by atoms with van der Waals surface area (Å²) >= 11 is 0. The van der Waals surface area contributed by atoms with Crippen molar-refractivity contribution in [1.29, 1.82) is 0 Å². The van der Waals surface area contributed by atoms with Gasteiger partial charge in [-0.1, -0.05) is 30.3 Å². The second-order valence-corrected chi connectivity index (χ2v) is 8.36. The zero-order valence-electron chi connectivity index (χ0n) is 14.1. The fourth-order valence-electron chi connectivity index (χ4n) is 3.08. The minimum absolute atomic E-state index is 0.0565. The van der Waals surface area contributed by atoms with Crippen LogP contribution in [-0.4, -0.2) is 44.7 Å². The quantitative estimate of drug-likeness (QED) is 0.822. The number of hydrogen-bond donors (Lipinski definition) is 0. The van der Waals surface area contributed by atoms with Gasteiger partial charge in [0.05, 0.1) is 23.7 Å². The topological polar surface area (TPSA) is 63.7 Å². The normalized spacial score (nSPS) is 17.5. The Morgan fingerprint density at radius 3 is 2.64 bits per heavy atom. The summed E-state index contributed by atoms with van der Waals surface area (Å²) in [6.07, 6.45) is 0.719. The van der Waals surface area contributed by atoms with Gasteiger partial charge in [-0.05, 0) is 36.2 Å². The summed E-state index contributed by atoms with van der Waals surface area (Å²) in [7, 11) is -1.82. The van der Waals surface area contributed by atoms with Crippen molar-refractivity contribution in [2.45, 2.75) is 23.0 Å². The van der Waals surface area contributed by atoms with Gasteiger partial charge in [0.1, 0.15) is 5.75 Å². The van der Waals surface area contributed by atoms with Crippen LogP contribution in [0.5, 0.6) is 5.75 Å².